The molecule has 0 aromatic heterocycles. The number of hydrogen-bond donors (Lipinski definition) is 1. The topological polar surface area (TPSA) is 60.0 Å². The van der Waals surface area contributed by atoms with E-state index in [0.717, 1.165) is 38.0 Å². The number of fused-ring (bicyclic) bond motifs is 1. The highest BCUT2D eigenvalue weighted by Gasteiger charge is 2.22. The summed E-state index contributed by atoms with van der Waals surface area (Å²) in [7, 11) is 0. The van der Waals surface area contributed by atoms with Gasteiger partial charge in [0.2, 0.25) is 5.91 Å². The normalized spacial score (nSPS) is 18.3. The average Bonchev–Trinajstić information content (AvgIpc) is 3.14. The van der Waals surface area contributed by atoms with Gasteiger partial charge in [0.15, 0.2) is 11.5 Å². The van der Waals surface area contributed by atoms with Crippen molar-refractivity contribution in [2.75, 3.05) is 38.2 Å². The number of rotatable bonds is 7. The van der Waals surface area contributed by atoms with Crippen LogP contribution in [-0.4, -0.2) is 49.8 Å². The Labute approximate surface area is 182 Å². The van der Waals surface area contributed by atoms with E-state index in [4.69, 9.17) is 25.8 Å². The fraction of sp³-hybridized carbons (Fsp3) is 0.435. The first-order valence-corrected chi connectivity index (χ1v) is 10.8. The van der Waals surface area contributed by atoms with Gasteiger partial charge in [-0.2, -0.15) is 0 Å². The van der Waals surface area contributed by atoms with E-state index in [2.05, 4.69) is 22.3 Å². The van der Waals surface area contributed by atoms with E-state index in [9.17, 15) is 4.79 Å². The molecule has 6 nitrogen and oxygen atoms in total. The Kier molecular flexibility index (Phi) is 7.10. The van der Waals surface area contributed by atoms with Gasteiger partial charge in [-0.15, -0.1) is 0 Å². The van der Waals surface area contributed by atoms with Crippen LogP contribution in [0.3, 0.4) is 0 Å². The predicted octanol–water partition coefficient (Wildman–Crippen LogP) is 4.12. The van der Waals surface area contributed by atoms with Gasteiger partial charge >= 0.3 is 0 Å². The molecule has 1 amide bonds. The Morgan fingerprint density at radius 3 is 2.57 bits per heavy atom. The predicted molar refractivity (Wildman–Crippen MR) is 116 cm³/mol. The minimum atomic E-state index is -0.125. The smallest absolute Gasteiger partial charge is 0.238 e. The highest BCUT2D eigenvalue weighted by atomic mass is 35.5. The molecule has 0 bridgehead atoms. The molecule has 4 rings (SSSR count). The molecule has 7 heteroatoms. The van der Waals surface area contributed by atoms with Crippen molar-refractivity contribution in [3.05, 3.63) is 53.1 Å². The fourth-order valence-electron chi connectivity index (χ4n) is 3.78. The van der Waals surface area contributed by atoms with Crippen LogP contribution in [0.2, 0.25) is 5.02 Å². The Bertz CT molecular complexity index is 856. The summed E-state index contributed by atoms with van der Waals surface area (Å²) in [6.07, 6.45) is 3.08. The standard InChI is InChI=1S/C23H27ClN2O4/c24-19-12-21-22(30-11-5-10-29-21)13-20(19)25-23(27)16-26(15-18-8-4-9-28-18)14-17-6-2-1-3-7-17/h1-3,6-7,12-13,18H,4-5,8-11,14-16H2,(H,25,27). The summed E-state index contributed by atoms with van der Waals surface area (Å²) >= 11 is 6.38. The monoisotopic (exact) mass is 430 g/mol. The maximum atomic E-state index is 12.9. The van der Waals surface area contributed by atoms with Gasteiger partial charge in [0, 0.05) is 38.2 Å². The number of carbonyl (C=O) groups is 1. The number of nitrogens with one attached hydrogen (secondary N) is 1. The van der Waals surface area contributed by atoms with Crippen LogP contribution in [0.25, 0.3) is 0 Å². The van der Waals surface area contributed by atoms with Crippen LogP contribution in [0.1, 0.15) is 24.8 Å². The molecule has 2 heterocycles. The lowest BCUT2D eigenvalue weighted by Gasteiger charge is -2.25. The van der Waals surface area contributed by atoms with E-state index < -0.39 is 0 Å². The van der Waals surface area contributed by atoms with Crippen LogP contribution < -0.4 is 14.8 Å². The van der Waals surface area contributed by atoms with Gasteiger partial charge in [0.1, 0.15) is 0 Å². The zero-order valence-corrected chi connectivity index (χ0v) is 17.7. The lowest BCUT2D eigenvalue weighted by atomic mass is 10.2. The van der Waals surface area contributed by atoms with E-state index in [1.54, 1.807) is 12.1 Å². The molecule has 1 atom stereocenters. The van der Waals surface area contributed by atoms with Crippen molar-refractivity contribution in [3.63, 3.8) is 0 Å². The number of nitrogens with zero attached hydrogens (tertiary/aromatic N) is 1. The SMILES string of the molecule is O=C(CN(Cc1ccccc1)CC1CCCO1)Nc1cc2c(cc1Cl)OCCCO2. The van der Waals surface area contributed by atoms with Crippen molar-refractivity contribution in [2.24, 2.45) is 0 Å². The first-order valence-electron chi connectivity index (χ1n) is 10.4. The zero-order chi connectivity index (χ0) is 20.8. The molecule has 1 N–H and O–H groups in total. The molecule has 2 aromatic rings. The largest absolute Gasteiger partial charge is 0.490 e. The van der Waals surface area contributed by atoms with Crippen LogP contribution in [0, 0.1) is 0 Å². The lowest BCUT2D eigenvalue weighted by Crippen LogP contribution is -2.38. The third kappa shape index (κ3) is 5.65. The van der Waals surface area contributed by atoms with Gasteiger partial charge in [-0.1, -0.05) is 41.9 Å². The summed E-state index contributed by atoms with van der Waals surface area (Å²) in [4.78, 5) is 15.0. The Morgan fingerprint density at radius 1 is 1.07 bits per heavy atom. The maximum Gasteiger partial charge on any atom is 0.238 e. The number of benzene rings is 2. The molecule has 1 saturated heterocycles. The molecule has 1 unspecified atom stereocenters. The lowest BCUT2D eigenvalue weighted by molar-refractivity contribution is -0.117. The second kappa shape index (κ2) is 10.2. The van der Waals surface area contributed by atoms with Gasteiger partial charge in [0.25, 0.3) is 0 Å². The highest BCUT2D eigenvalue weighted by Crippen LogP contribution is 2.37. The number of amides is 1. The van der Waals surface area contributed by atoms with Crippen LogP contribution in [0.5, 0.6) is 11.5 Å². The molecule has 160 valence electrons. The van der Waals surface area contributed by atoms with E-state index in [-0.39, 0.29) is 18.6 Å². The molecule has 0 saturated carbocycles. The van der Waals surface area contributed by atoms with Crippen molar-refractivity contribution < 1.29 is 19.0 Å². The summed E-state index contributed by atoms with van der Waals surface area (Å²) in [5.41, 5.74) is 1.69. The van der Waals surface area contributed by atoms with Crippen LogP contribution in [0.4, 0.5) is 5.69 Å². The van der Waals surface area contributed by atoms with E-state index in [1.165, 1.54) is 0 Å². The second-order valence-electron chi connectivity index (χ2n) is 7.67. The molecule has 2 aliphatic heterocycles. The van der Waals surface area contributed by atoms with Crippen LogP contribution in [0.15, 0.2) is 42.5 Å². The van der Waals surface area contributed by atoms with E-state index >= 15 is 0 Å². The van der Waals surface area contributed by atoms with Crippen molar-refractivity contribution in [1.82, 2.24) is 4.90 Å². The third-order valence-electron chi connectivity index (χ3n) is 5.21. The number of halogens is 1. The zero-order valence-electron chi connectivity index (χ0n) is 16.9. The Hall–Kier alpha value is -2.28. The first kappa shape index (κ1) is 21.0. The first-order chi connectivity index (χ1) is 14.7. The summed E-state index contributed by atoms with van der Waals surface area (Å²) in [5.74, 6) is 1.09. The number of carbonyl (C=O) groups excluding carboxylic acids is 1. The van der Waals surface area contributed by atoms with Crippen molar-refractivity contribution >= 4 is 23.2 Å². The van der Waals surface area contributed by atoms with Gasteiger partial charge in [-0.25, -0.2) is 0 Å². The van der Waals surface area contributed by atoms with Crippen LogP contribution >= 0.6 is 11.6 Å². The highest BCUT2D eigenvalue weighted by molar-refractivity contribution is 6.34. The summed E-state index contributed by atoms with van der Waals surface area (Å²) in [6.45, 7) is 3.61. The number of hydrogen-bond acceptors (Lipinski definition) is 5. The minimum Gasteiger partial charge on any atom is -0.490 e. The molecular formula is C23H27ClN2O4. The molecule has 30 heavy (non-hydrogen) atoms. The van der Waals surface area contributed by atoms with Gasteiger partial charge in [-0.05, 0) is 18.4 Å². The van der Waals surface area contributed by atoms with Crippen LogP contribution in [-0.2, 0) is 16.1 Å². The molecular weight excluding hydrogens is 404 g/mol. The van der Waals surface area contributed by atoms with Crippen molar-refractivity contribution in [2.45, 2.75) is 31.9 Å². The Morgan fingerprint density at radius 2 is 1.83 bits per heavy atom. The molecule has 1 fully saturated rings. The Balaban J connectivity index is 1.43. The summed E-state index contributed by atoms with van der Waals surface area (Å²) in [6, 6.07) is 13.6. The quantitative estimate of drug-likeness (QED) is 0.716. The third-order valence-corrected chi connectivity index (χ3v) is 5.53. The molecule has 0 radical (unpaired) electrons. The summed E-state index contributed by atoms with van der Waals surface area (Å²) < 4.78 is 17.2. The second-order valence-corrected chi connectivity index (χ2v) is 8.07. The molecule has 0 aliphatic carbocycles. The fourth-order valence-corrected chi connectivity index (χ4v) is 3.98. The van der Waals surface area contributed by atoms with E-state index in [1.807, 2.05) is 18.2 Å². The van der Waals surface area contributed by atoms with Crippen molar-refractivity contribution in [1.29, 1.82) is 0 Å². The molecule has 0 spiro atoms. The maximum absolute atomic E-state index is 12.9. The van der Waals surface area contributed by atoms with E-state index in [0.29, 0.717) is 42.0 Å². The van der Waals surface area contributed by atoms with Gasteiger partial charge in [-0.3, -0.25) is 9.69 Å². The van der Waals surface area contributed by atoms with Crippen molar-refractivity contribution in [3.8, 4) is 11.5 Å². The summed E-state index contributed by atoms with van der Waals surface area (Å²) in [5, 5.41) is 3.36. The molecule has 2 aromatic carbocycles. The number of ether oxygens (including phenoxy) is 3. The minimum absolute atomic E-state index is 0.125. The molecule has 2 aliphatic rings. The average molecular weight is 431 g/mol. The van der Waals surface area contributed by atoms with Gasteiger partial charge in [0.05, 0.1) is 36.6 Å². The van der Waals surface area contributed by atoms with Gasteiger partial charge < -0.3 is 19.5 Å². The number of anilines is 1.